The molecule has 0 aliphatic rings. The van der Waals surface area contributed by atoms with Crippen molar-refractivity contribution in [2.45, 2.75) is 39.5 Å². The highest BCUT2D eigenvalue weighted by molar-refractivity contribution is 9.11. The van der Waals surface area contributed by atoms with Gasteiger partial charge in [0.25, 0.3) is 11.5 Å². The fraction of sp³-hybridized carbons (Fsp3) is 0.438. The van der Waals surface area contributed by atoms with Crippen molar-refractivity contribution in [1.82, 2.24) is 15.3 Å². The van der Waals surface area contributed by atoms with Crippen LogP contribution in [0, 0.1) is 6.92 Å². The van der Waals surface area contributed by atoms with Crippen LogP contribution >= 0.6 is 27.3 Å². The minimum Gasteiger partial charge on any atom is -0.351 e. The standard InChI is InChI=1S/C16H20BrN3O2S/c1-9-12(14(22)20-15(19-9)16(2,3)4)13(21)18-8-7-10-5-6-11(17)23-10/h5-6H,7-8H2,1-4H3,(H,18,21)(H,19,20,22). The fourth-order valence-corrected chi connectivity index (χ4v) is 3.56. The summed E-state index contributed by atoms with van der Waals surface area (Å²) in [5.74, 6) is 0.201. The van der Waals surface area contributed by atoms with Crippen LogP contribution in [0.4, 0.5) is 0 Å². The Kier molecular flexibility index (Phi) is 5.41. The van der Waals surface area contributed by atoms with E-state index in [0.717, 1.165) is 10.2 Å². The number of aromatic amines is 1. The molecule has 2 heterocycles. The van der Waals surface area contributed by atoms with E-state index in [1.807, 2.05) is 32.9 Å². The third kappa shape index (κ3) is 4.51. The Morgan fingerprint density at radius 3 is 2.61 bits per heavy atom. The van der Waals surface area contributed by atoms with E-state index in [1.165, 1.54) is 4.88 Å². The molecule has 124 valence electrons. The highest BCUT2D eigenvalue weighted by Crippen LogP contribution is 2.22. The number of thiophene rings is 1. The Morgan fingerprint density at radius 1 is 1.39 bits per heavy atom. The quantitative estimate of drug-likeness (QED) is 0.831. The minimum atomic E-state index is -0.390. The van der Waals surface area contributed by atoms with Crippen LogP contribution in [0.1, 0.15) is 47.5 Å². The number of nitrogens with one attached hydrogen (secondary N) is 2. The van der Waals surface area contributed by atoms with Crippen molar-refractivity contribution >= 4 is 33.2 Å². The molecule has 0 radical (unpaired) electrons. The molecule has 2 aromatic heterocycles. The van der Waals surface area contributed by atoms with Gasteiger partial charge >= 0.3 is 0 Å². The third-order valence-electron chi connectivity index (χ3n) is 3.32. The molecule has 2 aromatic rings. The maximum absolute atomic E-state index is 12.3. The Labute approximate surface area is 147 Å². The fourth-order valence-electron chi connectivity index (χ4n) is 2.08. The largest absolute Gasteiger partial charge is 0.351 e. The second kappa shape index (κ2) is 6.97. The van der Waals surface area contributed by atoms with Crippen molar-refractivity contribution < 1.29 is 4.79 Å². The number of amides is 1. The van der Waals surface area contributed by atoms with Crippen molar-refractivity contribution in [3.63, 3.8) is 0 Å². The van der Waals surface area contributed by atoms with Crippen LogP contribution in [-0.2, 0) is 11.8 Å². The molecule has 1 amide bonds. The lowest BCUT2D eigenvalue weighted by Gasteiger charge is -2.18. The molecule has 23 heavy (non-hydrogen) atoms. The molecular formula is C16H20BrN3O2S. The van der Waals surface area contributed by atoms with Crippen molar-refractivity contribution in [3.8, 4) is 0 Å². The van der Waals surface area contributed by atoms with Gasteiger partial charge < -0.3 is 10.3 Å². The number of rotatable bonds is 4. The van der Waals surface area contributed by atoms with Crippen molar-refractivity contribution in [1.29, 1.82) is 0 Å². The summed E-state index contributed by atoms with van der Waals surface area (Å²) in [6, 6.07) is 3.99. The second-order valence-electron chi connectivity index (χ2n) is 6.34. The number of nitrogens with zero attached hydrogens (tertiary/aromatic N) is 1. The van der Waals surface area contributed by atoms with E-state index in [0.29, 0.717) is 18.1 Å². The SMILES string of the molecule is Cc1nc(C(C)(C)C)[nH]c(=O)c1C(=O)NCCc1ccc(Br)s1. The lowest BCUT2D eigenvalue weighted by molar-refractivity contribution is 0.0951. The molecule has 0 spiro atoms. The monoisotopic (exact) mass is 397 g/mol. The first-order valence-electron chi connectivity index (χ1n) is 7.32. The Hall–Kier alpha value is -1.47. The highest BCUT2D eigenvalue weighted by atomic mass is 79.9. The predicted molar refractivity (Wildman–Crippen MR) is 96.4 cm³/mol. The third-order valence-corrected chi connectivity index (χ3v) is 5.01. The molecule has 0 aliphatic carbocycles. The summed E-state index contributed by atoms with van der Waals surface area (Å²) in [7, 11) is 0. The number of aryl methyl sites for hydroxylation is 1. The van der Waals surface area contributed by atoms with Crippen molar-refractivity contribution in [2.24, 2.45) is 0 Å². The van der Waals surface area contributed by atoms with Crippen LogP contribution in [0.25, 0.3) is 0 Å². The summed E-state index contributed by atoms with van der Waals surface area (Å²) in [5.41, 5.74) is -0.120. The summed E-state index contributed by atoms with van der Waals surface area (Å²) < 4.78 is 1.06. The topological polar surface area (TPSA) is 74.8 Å². The number of aromatic nitrogens is 2. The summed E-state index contributed by atoms with van der Waals surface area (Å²) in [5, 5.41) is 2.79. The van der Waals surface area contributed by atoms with Gasteiger partial charge in [-0.3, -0.25) is 9.59 Å². The average molecular weight is 398 g/mol. The summed E-state index contributed by atoms with van der Waals surface area (Å²) >= 11 is 5.04. The maximum Gasteiger partial charge on any atom is 0.264 e. The summed E-state index contributed by atoms with van der Waals surface area (Å²) in [4.78, 5) is 32.8. The second-order valence-corrected chi connectivity index (χ2v) is 8.88. The number of hydrogen-bond acceptors (Lipinski definition) is 4. The number of halogens is 1. The number of carbonyl (C=O) groups is 1. The van der Waals surface area contributed by atoms with E-state index >= 15 is 0 Å². The molecule has 0 aliphatic heterocycles. The van der Waals surface area contributed by atoms with E-state index in [-0.39, 0.29) is 16.9 Å². The lowest BCUT2D eigenvalue weighted by atomic mass is 9.95. The molecule has 5 nitrogen and oxygen atoms in total. The van der Waals surface area contributed by atoms with Gasteiger partial charge in [-0.2, -0.15) is 0 Å². The van der Waals surface area contributed by atoms with Crippen LogP contribution in [-0.4, -0.2) is 22.4 Å². The van der Waals surface area contributed by atoms with Crippen molar-refractivity contribution in [2.75, 3.05) is 6.54 Å². The molecule has 0 bridgehead atoms. The zero-order valence-electron chi connectivity index (χ0n) is 13.6. The van der Waals surface area contributed by atoms with Crippen LogP contribution in [0.3, 0.4) is 0 Å². The van der Waals surface area contributed by atoms with E-state index < -0.39 is 5.56 Å². The van der Waals surface area contributed by atoms with E-state index in [2.05, 4.69) is 31.2 Å². The van der Waals surface area contributed by atoms with Gasteiger partial charge in [0.1, 0.15) is 11.4 Å². The molecule has 7 heteroatoms. The van der Waals surface area contributed by atoms with E-state index in [9.17, 15) is 9.59 Å². The molecule has 0 saturated heterocycles. The zero-order valence-corrected chi connectivity index (χ0v) is 16.0. The number of hydrogen-bond donors (Lipinski definition) is 2. The Morgan fingerprint density at radius 2 is 2.09 bits per heavy atom. The van der Waals surface area contributed by atoms with E-state index in [4.69, 9.17) is 0 Å². The molecule has 0 fully saturated rings. The van der Waals surface area contributed by atoms with Gasteiger partial charge in [0.2, 0.25) is 0 Å². The molecule has 0 atom stereocenters. The molecule has 0 unspecified atom stereocenters. The smallest absolute Gasteiger partial charge is 0.264 e. The van der Waals surface area contributed by atoms with Crippen LogP contribution in [0.2, 0.25) is 0 Å². The molecule has 2 rings (SSSR count). The first-order valence-corrected chi connectivity index (χ1v) is 8.93. The zero-order chi connectivity index (χ0) is 17.2. The Bertz CT molecular complexity index is 774. The van der Waals surface area contributed by atoms with Crippen LogP contribution in [0.5, 0.6) is 0 Å². The summed E-state index contributed by atoms with van der Waals surface area (Å²) in [6.07, 6.45) is 0.729. The van der Waals surface area contributed by atoms with Gasteiger partial charge in [0, 0.05) is 16.8 Å². The normalized spacial score (nSPS) is 11.5. The highest BCUT2D eigenvalue weighted by Gasteiger charge is 2.21. The van der Waals surface area contributed by atoms with Crippen LogP contribution < -0.4 is 10.9 Å². The lowest BCUT2D eigenvalue weighted by Crippen LogP contribution is -2.34. The van der Waals surface area contributed by atoms with Gasteiger partial charge in [-0.25, -0.2) is 4.98 Å². The first kappa shape index (κ1) is 17.9. The van der Waals surface area contributed by atoms with Gasteiger partial charge in [0.15, 0.2) is 0 Å². The first-order chi connectivity index (χ1) is 10.7. The number of H-pyrrole nitrogens is 1. The molecule has 0 aromatic carbocycles. The average Bonchev–Trinajstić information content (AvgIpc) is 2.82. The van der Waals surface area contributed by atoms with Gasteiger partial charge in [-0.1, -0.05) is 20.8 Å². The summed E-state index contributed by atoms with van der Waals surface area (Å²) in [6.45, 7) is 8.05. The molecule has 2 N–H and O–H groups in total. The van der Waals surface area contributed by atoms with Crippen molar-refractivity contribution in [3.05, 3.63) is 48.2 Å². The maximum atomic E-state index is 12.3. The van der Waals surface area contributed by atoms with Gasteiger partial charge in [-0.15, -0.1) is 11.3 Å². The predicted octanol–water partition coefficient (Wildman–Crippen LogP) is 3.17. The van der Waals surface area contributed by atoms with Crippen LogP contribution in [0.15, 0.2) is 20.7 Å². The Balaban J connectivity index is 2.09. The molecule has 0 saturated carbocycles. The van der Waals surface area contributed by atoms with Gasteiger partial charge in [0.05, 0.1) is 9.48 Å². The van der Waals surface area contributed by atoms with Gasteiger partial charge in [-0.05, 0) is 41.4 Å². The number of carbonyl (C=O) groups excluding carboxylic acids is 1. The molecular weight excluding hydrogens is 378 g/mol. The van der Waals surface area contributed by atoms with E-state index in [1.54, 1.807) is 18.3 Å². The minimum absolute atomic E-state index is 0.0883.